The predicted molar refractivity (Wildman–Crippen MR) is 51.0 cm³/mol. The molecule has 0 bridgehead atoms. The Kier molecular flexibility index (Phi) is 13.1. The summed E-state index contributed by atoms with van der Waals surface area (Å²) in [5.41, 5.74) is 0. The highest BCUT2D eigenvalue weighted by atomic mass is 16.3. The van der Waals surface area contributed by atoms with Gasteiger partial charge in [0.2, 0.25) is 0 Å². The smallest absolute Gasteiger partial charge is 0.115 e. The Morgan fingerprint density at radius 3 is 1.85 bits per heavy atom. The Hall–Kier alpha value is -2.08. The van der Waals surface area contributed by atoms with E-state index < -0.39 is 0 Å². The summed E-state index contributed by atoms with van der Waals surface area (Å²) in [6, 6.07) is 10.4. The number of phenols is 1. The van der Waals surface area contributed by atoms with Gasteiger partial charge in [0.1, 0.15) is 12.5 Å². The molecule has 0 unspecified atom stereocenters. The summed E-state index contributed by atoms with van der Waals surface area (Å²) in [4.78, 5) is 8.00. The molecule has 0 aliphatic rings. The minimum absolute atomic E-state index is 0.322. The monoisotopic (exact) mass is 177 g/mol. The van der Waals surface area contributed by atoms with Crippen LogP contribution in [0.2, 0.25) is 0 Å². The van der Waals surface area contributed by atoms with Crippen LogP contribution in [0.5, 0.6) is 5.75 Å². The van der Waals surface area contributed by atoms with Gasteiger partial charge in [0, 0.05) is 6.08 Å². The Labute approximate surface area is 77.6 Å². The number of carbonyl (C=O) groups is 1. The number of nitriles is 1. The Bertz CT molecular complexity index is 251. The molecule has 0 atom stereocenters. The van der Waals surface area contributed by atoms with Crippen molar-refractivity contribution in [1.29, 1.82) is 5.26 Å². The molecule has 0 amide bonds. The van der Waals surface area contributed by atoms with E-state index in [-0.39, 0.29) is 0 Å². The Morgan fingerprint density at radius 2 is 1.69 bits per heavy atom. The van der Waals surface area contributed by atoms with E-state index in [2.05, 4.69) is 6.58 Å². The van der Waals surface area contributed by atoms with Crippen molar-refractivity contribution in [2.24, 2.45) is 0 Å². The number of para-hydroxylation sites is 1. The first kappa shape index (κ1) is 13.5. The van der Waals surface area contributed by atoms with E-state index in [0.29, 0.717) is 5.75 Å². The van der Waals surface area contributed by atoms with Crippen LogP contribution in [0, 0.1) is 11.3 Å². The number of benzene rings is 1. The van der Waals surface area contributed by atoms with Crippen molar-refractivity contribution in [3.63, 3.8) is 0 Å². The highest BCUT2D eigenvalue weighted by Gasteiger charge is 1.74. The highest BCUT2D eigenvalue weighted by Crippen LogP contribution is 2.02. The van der Waals surface area contributed by atoms with Gasteiger partial charge in [-0.1, -0.05) is 24.8 Å². The van der Waals surface area contributed by atoms with Crippen LogP contribution < -0.4 is 0 Å². The fourth-order valence-corrected chi connectivity index (χ4v) is 0.428. The van der Waals surface area contributed by atoms with E-state index in [1.54, 1.807) is 30.3 Å². The maximum absolute atomic E-state index is 8.63. The average molecular weight is 177 g/mol. The van der Waals surface area contributed by atoms with E-state index in [0.717, 1.165) is 0 Å². The van der Waals surface area contributed by atoms with Gasteiger partial charge in [-0.25, -0.2) is 0 Å². The molecule has 0 saturated heterocycles. The van der Waals surface area contributed by atoms with Crippen LogP contribution in [0.25, 0.3) is 0 Å². The lowest BCUT2D eigenvalue weighted by Crippen LogP contribution is -1.56. The van der Waals surface area contributed by atoms with Crippen LogP contribution in [0.1, 0.15) is 0 Å². The van der Waals surface area contributed by atoms with Crippen LogP contribution >= 0.6 is 0 Å². The van der Waals surface area contributed by atoms with Gasteiger partial charge in [0.05, 0.1) is 6.07 Å². The second kappa shape index (κ2) is 12.6. The van der Waals surface area contributed by atoms with Crippen molar-refractivity contribution in [2.75, 3.05) is 0 Å². The minimum Gasteiger partial charge on any atom is -0.508 e. The molecule has 1 N–H and O–H groups in total. The first-order valence-corrected chi connectivity index (χ1v) is 3.34. The van der Waals surface area contributed by atoms with Crippen molar-refractivity contribution in [2.45, 2.75) is 0 Å². The number of carbonyl (C=O) groups excluding carboxylic acids is 1. The lowest BCUT2D eigenvalue weighted by atomic mass is 10.3. The third kappa shape index (κ3) is 13.0. The van der Waals surface area contributed by atoms with Crippen LogP contribution in [0.15, 0.2) is 43.0 Å². The molecule has 1 rings (SSSR count). The van der Waals surface area contributed by atoms with E-state index in [9.17, 15) is 0 Å². The Morgan fingerprint density at radius 1 is 1.31 bits per heavy atom. The summed E-state index contributed by atoms with van der Waals surface area (Å²) >= 11 is 0. The average Bonchev–Trinajstić information content (AvgIpc) is 2.22. The fourth-order valence-electron chi connectivity index (χ4n) is 0.428. The summed E-state index contributed by atoms with van der Waals surface area (Å²) in [6.07, 6.45) is 1.18. The normalized spacial score (nSPS) is 6.08. The molecule has 0 heterocycles. The zero-order chi connectivity index (χ0) is 10.5. The standard InChI is InChI=1S/C6H6O.C3H3N.CH2O/c7-6-4-2-1-3-5-6;1-2-3-4;1-2/h1-5,7H;2H,1H2;1H2. The van der Waals surface area contributed by atoms with Crippen molar-refractivity contribution >= 4 is 6.79 Å². The quantitative estimate of drug-likeness (QED) is 0.615. The van der Waals surface area contributed by atoms with Gasteiger partial charge >= 0.3 is 0 Å². The van der Waals surface area contributed by atoms with Crippen LogP contribution in [-0.2, 0) is 4.79 Å². The van der Waals surface area contributed by atoms with E-state index in [1.165, 1.54) is 6.08 Å². The number of phenolic OH excluding ortho intramolecular Hbond substituents is 1. The summed E-state index contributed by atoms with van der Waals surface area (Å²) in [7, 11) is 0. The molecule has 68 valence electrons. The lowest BCUT2D eigenvalue weighted by molar-refractivity contribution is -0.0979. The first-order valence-electron chi connectivity index (χ1n) is 3.34. The summed E-state index contributed by atoms with van der Waals surface area (Å²) in [6.45, 7) is 5.12. The second-order valence-corrected chi connectivity index (χ2v) is 1.67. The van der Waals surface area contributed by atoms with Gasteiger partial charge in [0.15, 0.2) is 0 Å². The minimum atomic E-state index is 0.322. The number of hydrogen-bond acceptors (Lipinski definition) is 3. The molecule has 0 aliphatic heterocycles. The molecular formula is C10H11NO2. The molecule has 0 aromatic heterocycles. The molecule has 1 aromatic rings. The van der Waals surface area contributed by atoms with Gasteiger partial charge in [-0.05, 0) is 12.1 Å². The van der Waals surface area contributed by atoms with Gasteiger partial charge in [-0.3, -0.25) is 0 Å². The second-order valence-electron chi connectivity index (χ2n) is 1.67. The van der Waals surface area contributed by atoms with Crippen LogP contribution in [-0.4, -0.2) is 11.9 Å². The zero-order valence-electron chi connectivity index (χ0n) is 7.18. The Balaban J connectivity index is 0. The molecule has 0 saturated carbocycles. The van der Waals surface area contributed by atoms with E-state index in [1.807, 2.05) is 12.9 Å². The number of hydrogen-bond donors (Lipinski definition) is 1. The van der Waals surface area contributed by atoms with Gasteiger partial charge in [-0.15, -0.1) is 0 Å². The first-order chi connectivity index (χ1) is 6.31. The number of allylic oxidation sites excluding steroid dienone is 1. The van der Waals surface area contributed by atoms with Crippen molar-refractivity contribution < 1.29 is 9.90 Å². The van der Waals surface area contributed by atoms with E-state index in [4.69, 9.17) is 15.2 Å². The molecular weight excluding hydrogens is 166 g/mol. The molecule has 3 heteroatoms. The summed E-state index contributed by atoms with van der Waals surface area (Å²) in [5.74, 6) is 0.322. The van der Waals surface area contributed by atoms with Crippen molar-refractivity contribution in [3.05, 3.63) is 43.0 Å². The number of nitrogens with zero attached hydrogens (tertiary/aromatic N) is 1. The lowest BCUT2D eigenvalue weighted by Gasteiger charge is -1.82. The van der Waals surface area contributed by atoms with Crippen molar-refractivity contribution in [3.8, 4) is 11.8 Å². The zero-order valence-corrected chi connectivity index (χ0v) is 7.18. The molecule has 0 fully saturated rings. The largest absolute Gasteiger partial charge is 0.508 e. The fraction of sp³-hybridized carbons (Fsp3) is 0. The van der Waals surface area contributed by atoms with Crippen LogP contribution in [0.3, 0.4) is 0 Å². The third-order valence-corrected chi connectivity index (χ3v) is 0.847. The molecule has 3 nitrogen and oxygen atoms in total. The number of rotatable bonds is 0. The molecule has 1 aromatic carbocycles. The highest BCUT2D eigenvalue weighted by molar-refractivity contribution is 5.18. The van der Waals surface area contributed by atoms with Gasteiger partial charge < -0.3 is 9.90 Å². The third-order valence-electron chi connectivity index (χ3n) is 0.847. The summed E-state index contributed by atoms with van der Waals surface area (Å²) < 4.78 is 0. The predicted octanol–water partition coefficient (Wildman–Crippen LogP) is 1.90. The van der Waals surface area contributed by atoms with E-state index >= 15 is 0 Å². The van der Waals surface area contributed by atoms with Gasteiger partial charge in [-0.2, -0.15) is 5.26 Å². The maximum Gasteiger partial charge on any atom is 0.115 e. The topological polar surface area (TPSA) is 61.1 Å². The molecule has 0 aliphatic carbocycles. The summed E-state index contributed by atoms with van der Waals surface area (Å²) in [5, 5.41) is 16.1. The molecule has 0 radical (unpaired) electrons. The van der Waals surface area contributed by atoms with Crippen molar-refractivity contribution in [1.82, 2.24) is 0 Å². The molecule has 0 spiro atoms. The SMILES string of the molecule is C=CC#N.C=O.Oc1ccccc1. The number of aromatic hydroxyl groups is 1. The maximum atomic E-state index is 8.63. The molecule has 13 heavy (non-hydrogen) atoms. The van der Waals surface area contributed by atoms with Crippen LogP contribution in [0.4, 0.5) is 0 Å². The van der Waals surface area contributed by atoms with Gasteiger partial charge in [0.25, 0.3) is 0 Å².